The average Bonchev–Trinajstić information content (AvgIpc) is 2.15. The summed E-state index contributed by atoms with van der Waals surface area (Å²) < 4.78 is 0. The molecule has 0 aliphatic heterocycles. The standard InChI is InChI=1S/C10H18N2O3/c1-2-3-4-7-12-8(10(14)15)5-6-9(11)13/h4,7-8,12H,2-3,5-6H2,1H3,(H2,11,13)(H,14,15)/t8-/m0/s1. The van der Waals surface area contributed by atoms with Crippen molar-refractivity contribution in [1.29, 1.82) is 0 Å². The van der Waals surface area contributed by atoms with E-state index in [0.717, 1.165) is 12.8 Å². The van der Waals surface area contributed by atoms with E-state index < -0.39 is 17.9 Å². The van der Waals surface area contributed by atoms with Crippen LogP contribution in [0.2, 0.25) is 0 Å². The lowest BCUT2D eigenvalue weighted by molar-refractivity contribution is -0.139. The Kier molecular flexibility index (Phi) is 7.05. The normalized spacial score (nSPS) is 12.6. The van der Waals surface area contributed by atoms with Crippen LogP contribution in [0.15, 0.2) is 12.3 Å². The quantitative estimate of drug-likeness (QED) is 0.552. The summed E-state index contributed by atoms with van der Waals surface area (Å²) >= 11 is 0. The van der Waals surface area contributed by atoms with Crippen molar-refractivity contribution in [2.24, 2.45) is 5.73 Å². The largest absolute Gasteiger partial charge is 0.480 e. The van der Waals surface area contributed by atoms with Crippen LogP contribution in [-0.2, 0) is 9.59 Å². The van der Waals surface area contributed by atoms with Gasteiger partial charge in [-0.1, -0.05) is 19.4 Å². The summed E-state index contributed by atoms with van der Waals surface area (Å²) in [6.45, 7) is 2.03. The Morgan fingerprint density at radius 1 is 1.53 bits per heavy atom. The van der Waals surface area contributed by atoms with Crippen LogP contribution in [0.4, 0.5) is 0 Å². The molecule has 5 heteroatoms. The van der Waals surface area contributed by atoms with Gasteiger partial charge in [-0.2, -0.15) is 0 Å². The third kappa shape index (κ3) is 7.54. The second kappa shape index (κ2) is 7.84. The molecule has 0 fully saturated rings. The average molecular weight is 214 g/mol. The Morgan fingerprint density at radius 2 is 2.20 bits per heavy atom. The van der Waals surface area contributed by atoms with Crippen LogP contribution in [0.25, 0.3) is 0 Å². The second-order valence-electron chi connectivity index (χ2n) is 3.25. The summed E-state index contributed by atoms with van der Waals surface area (Å²) in [5.41, 5.74) is 4.94. The van der Waals surface area contributed by atoms with Gasteiger partial charge in [0, 0.05) is 6.42 Å². The number of hydrogen-bond donors (Lipinski definition) is 3. The first-order valence-corrected chi connectivity index (χ1v) is 5.00. The van der Waals surface area contributed by atoms with E-state index in [9.17, 15) is 9.59 Å². The van der Waals surface area contributed by atoms with Crippen LogP contribution < -0.4 is 11.1 Å². The number of hydrogen-bond acceptors (Lipinski definition) is 3. The molecule has 0 bridgehead atoms. The molecule has 0 heterocycles. The van der Waals surface area contributed by atoms with E-state index >= 15 is 0 Å². The van der Waals surface area contributed by atoms with Gasteiger partial charge in [0.15, 0.2) is 0 Å². The Labute approximate surface area is 89.3 Å². The van der Waals surface area contributed by atoms with Gasteiger partial charge in [-0.15, -0.1) is 0 Å². The number of nitrogens with one attached hydrogen (secondary N) is 1. The zero-order valence-electron chi connectivity index (χ0n) is 8.90. The predicted molar refractivity (Wildman–Crippen MR) is 57.0 cm³/mol. The summed E-state index contributed by atoms with van der Waals surface area (Å²) in [4.78, 5) is 21.2. The van der Waals surface area contributed by atoms with Crippen molar-refractivity contribution in [3.8, 4) is 0 Å². The lowest BCUT2D eigenvalue weighted by atomic mass is 10.1. The zero-order valence-corrected chi connectivity index (χ0v) is 8.90. The monoisotopic (exact) mass is 214 g/mol. The van der Waals surface area contributed by atoms with E-state index in [1.165, 1.54) is 0 Å². The van der Waals surface area contributed by atoms with E-state index in [0.29, 0.717) is 0 Å². The molecule has 0 saturated carbocycles. The van der Waals surface area contributed by atoms with Gasteiger partial charge in [0.2, 0.25) is 5.91 Å². The molecule has 0 aliphatic carbocycles. The smallest absolute Gasteiger partial charge is 0.326 e. The van der Waals surface area contributed by atoms with Crippen LogP contribution in [0.3, 0.4) is 0 Å². The van der Waals surface area contributed by atoms with Crippen molar-refractivity contribution in [1.82, 2.24) is 5.32 Å². The molecular formula is C10H18N2O3. The van der Waals surface area contributed by atoms with Gasteiger partial charge in [-0.3, -0.25) is 4.79 Å². The van der Waals surface area contributed by atoms with Crippen molar-refractivity contribution in [3.05, 3.63) is 12.3 Å². The molecule has 0 aromatic heterocycles. The molecule has 0 aromatic rings. The van der Waals surface area contributed by atoms with E-state index in [2.05, 4.69) is 5.32 Å². The highest BCUT2D eigenvalue weighted by atomic mass is 16.4. The van der Waals surface area contributed by atoms with Gasteiger partial charge in [-0.25, -0.2) is 4.79 Å². The van der Waals surface area contributed by atoms with Gasteiger partial charge in [-0.05, 0) is 19.0 Å². The summed E-state index contributed by atoms with van der Waals surface area (Å²) in [5.74, 6) is -1.46. The van der Waals surface area contributed by atoms with Gasteiger partial charge in [0.25, 0.3) is 0 Å². The fourth-order valence-electron chi connectivity index (χ4n) is 0.999. The van der Waals surface area contributed by atoms with E-state index in [1.807, 2.05) is 13.0 Å². The molecule has 1 atom stereocenters. The van der Waals surface area contributed by atoms with Gasteiger partial charge >= 0.3 is 5.97 Å². The zero-order chi connectivity index (χ0) is 11.7. The summed E-state index contributed by atoms with van der Waals surface area (Å²) in [5, 5.41) is 11.5. The van der Waals surface area contributed by atoms with Crippen molar-refractivity contribution in [3.63, 3.8) is 0 Å². The molecule has 15 heavy (non-hydrogen) atoms. The number of nitrogens with two attached hydrogens (primary N) is 1. The number of carbonyl (C=O) groups excluding carboxylic acids is 1. The lowest BCUT2D eigenvalue weighted by Crippen LogP contribution is -2.34. The molecule has 5 nitrogen and oxygen atoms in total. The molecule has 0 unspecified atom stereocenters. The number of amides is 1. The van der Waals surface area contributed by atoms with E-state index in [-0.39, 0.29) is 12.8 Å². The maximum atomic E-state index is 10.7. The molecule has 0 radical (unpaired) electrons. The molecule has 0 saturated heterocycles. The van der Waals surface area contributed by atoms with Crippen molar-refractivity contribution in [2.75, 3.05) is 0 Å². The fourth-order valence-corrected chi connectivity index (χ4v) is 0.999. The molecule has 1 amide bonds. The molecular weight excluding hydrogens is 196 g/mol. The molecule has 0 aromatic carbocycles. The van der Waals surface area contributed by atoms with E-state index in [1.54, 1.807) is 6.20 Å². The topological polar surface area (TPSA) is 92.4 Å². The first-order valence-electron chi connectivity index (χ1n) is 5.00. The summed E-state index contributed by atoms with van der Waals surface area (Å²) in [6, 6.07) is -0.745. The Hall–Kier alpha value is -1.52. The number of allylic oxidation sites excluding steroid dienone is 1. The highest BCUT2D eigenvalue weighted by molar-refractivity contribution is 5.77. The number of carbonyl (C=O) groups is 2. The molecule has 86 valence electrons. The maximum absolute atomic E-state index is 10.7. The first-order chi connectivity index (χ1) is 7.07. The second-order valence-corrected chi connectivity index (χ2v) is 3.25. The van der Waals surface area contributed by atoms with Crippen LogP contribution in [0.5, 0.6) is 0 Å². The van der Waals surface area contributed by atoms with Gasteiger partial charge in [0.05, 0.1) is 0 Å². The van der Waals surface area contributed by atoms with Gasteiger partial charge < -0.3 is 16.2 Å². The number of rotatable bonds is 8. The SMILES string of the molecule is CCCC=CN[C@@H](CCC(N)=O)C(=O)O. The fraction of sp³-hybridized carbons (Fsp3) is 0.600. The minimum absolute atomic E-state index is 0.0750. The van der Waals surface area contributed by atoms with Crippen molar-refractivity contribution >= 4 is 11.9 Å². The van der Waals surface area contributed by atoms with Crippen LogP contribution in [0.1, 0.15) is 32.6 Å². The number of primary amides is 1. The van der Waals surface area contributed by atoms with Crippen LogP contribution >= 0.6 is 0 Å². The summed E-state index contributed by atoms with van der Waals surface area (Å²) in [6.07, 6.45) is 5.67. The first kappa shape index (κ1) is 13.5. The number of aliphatic carboxylic acids is 1. The minimum atomic E-state index is -0.975. The lowest BCUT2D eigenvalue weighted by Gasteiger charge is -2.10. The Morgan fingerprint density at radius 3 is 2.67 bits per heavy atom. The highest BCUT2D eigenvalue weighted by Crippen LogP contribution is 1.97. The van der Waals surface area contributed by atoms with Crippen LogP contribution in [-0.4, -0.2) is 23.0 Å². The highest BCUT2D eigenvalue weighted by Gasteiger charge is 2.15. The van der Waals surface area contributed by atoms with Gasteiger partial charge in [0.1, 0.15) is 6.04 Å². The third-order valence-corrected chi connectivity index (χ3v) is 1.85. The third-order valence-electron chi connectivity index (χ3n) is 1.85. The number of carboxylic acid groups (broad SMARTS) is 1. The number of unbranched alkanes of at least 4 members (excludes halogenated alkanes) is 1. The Bertz CT molecular complexity index is 239. The molecule has 0 rings (SSSR count). The maximum Gasteiger partial charge on any atom is 0.326 e. The van der Waals surface area contributed by atoms with E-state index in [4.69, 9.17) is 10.8 Å². The van der Waals surface area contributed by atoms with Crippen molar-refractivity contribution < 1.29 is 14.7 Å². The van der Waals surface area contributed by atoms with Crippen LogP contribution in [0, 0.1) is 0 Å². The van der Waals surface area contributed by atoms with Crippen molar-refractivity contribution in [2.45, 2.75) is 38.6 Å². The molecule has 0 spiro atoms. The summed E-state index contributed by atoms with van der Waals surface area (Å²) in [7, 11) is 0. The Balaban J connectivity index is 3.94. The molecule has 4 N–H and O–H groups in total. The number of carboxylic acids is 1. The molecule has 0 aliphatic rings. The minimum Gasteiger partial charge on any atom is -0.480 e. The predicted octanol–water partition coefficient (Wildman–Crippen LogP) is 0.608.